The molecule has 8 nitrogen and oxygen atoms in total. The highest BCUT2D eigenvalue weighted by Crippen LogP contribution is 2.26. The Labute approximate surface area is 177 Å². The zero-order valence-electron chi connectivity index (χ0n) is 17.0. The average Bonchev–Trinajstić information content (AvgIpc) is 3.19. The topological polar surface area (TPSA) is 110 Å². The molecule has 0 saturated heterocycles. The van der Waals surface area contributed by atoms with Gasteiger partial charge in [-0.1, -0.05) is 18.2 Å². The lowest BCUT2D eigenvalue weighted by Crippen LogP contribution is -2.20. The quantitative estimate of drug-likeness (QED) is 0.381. The summed E-state index contributed by atoms with van der Waals surface area (Å²) < 4.78 is 6.18. The lowest BCUT2D eigenvalue weighted by Gasteiger charge is -2.14. The van der Waals surface area contributed by atoms with Crippen molar-refractivity contribution >= 4 is 28.8 Å². The van der Waals surface area contributed by atoms with Crippen molar-refractivity contribution in [2.45, 2.75) is 13.8 Å². The zero-order valence-corrected chi connectivity index (χ0v) is 17.0. The van der Waals surface area contributed by atoms with Gasteiger partial charge in [-0.05, 0) is 44.2 Å². The van der Waals surface area contributed by atoms with Crippen LogP contribution < -0.4 is 5.56 Å². The summed E-state index contributed by atoms with van der Waals surface area (Å²) >= 11 is 0. The molecule has 2 heterocycles. The number of hydrogen-bond acceptors (Lipinski definition) is 6. The highest BCUT2D eigenvalue weighted by atomic mass is 16.5. The van der Waals surface area contributed by atoms with Gasteiger partial charge in [-0.25, -0.2) is 14.4 Å². The van der Waals surface area contributed by atoms with Gasteiger partial charge in [0, 0.05) is 28.7 Å². The number of aromatic amines is 1. The fourth-order valence-electron chi connectivity index (χ4n) is 3.29. The molecule has 0 spiro atoms. The van der Waals surface area contributed by atoms with Gasteiger partial charge in [0.2, 0.25) is 5.88 Å². The third kappa shape index (κ3) is 3.83. The molecule has 2 N–H and O–H groups in total. The predicted octanol–water partition coefficient (Wildman–Crippen LogP) is 3.66. The number of ether oxygens (including phenoxy) is 1. The number of nitrogens with one attached hydrogen (secondary N) is 1. The van der Waals surface area contributed by atoms with Crippen molar-refractivity contribution in [2.24, 2.45) is 4.99 Å². The molecular weight excluding hydrogens is 396 g/mol. The van der Waals surface area contributed by atoms with Gasteiger partial charge in [0.15, 0.2) is 5.82 Å². The fourth-order valence-corrected chi connectivity index (χ4v) is 3.29. The van der Waals surface area contributed by atoms with Crippen LogP contribution in [0.25, 0.3) is 16.5 Å². The molecule has 0 aliphatic carbocycles. The first-order valence-electron chi connectivity index (χ1n) is 9.70. The van der Waals surface area contributed by atoms with Crippen molar-refractivity contribution in [3.05, 3.63) is 81.8 Å². The molecule has 2 aromatic heterocycles. The minimum absolute atomic E-state index is 0.261. The normalized spacial score (nSPS) is 11.3. The Hall–Kier alpha value is -4.20. The van der Waals surface area contributed by atoms with Crippen molar-refractivity contribution in [2.75, 3.05) is 6.61 Å². The van der Waals surface area contributed by atoms with E-state index in [0.29, 0.717) is 33.4 Å². The third-order valence-corrected chi connectivity index (χ3v) is 4.76. The van der Waals surface area contributed by atoms with E-state index >= 15 is 0 Å². The Morgan fingerprint density at radius 1 is 1.19 bits per heavy atom. The molecule has 8 heteroatoms. The number of fused-ring (bicyclic) bond motifs is 1. The number of hydrogen-bond donors (Lipinski definition) is 2. The van der Waals surface area contributed by atoms with E-state index in [4.69, 9.17) is 4.74 Å². The van der Waals surface area contributed by atoms with E-state index in [-0.39, 0.29) is 18.0 Å². The summed E-state index contributed by atoms with van der Waals surface area (Å²) in [6, 6.07) is 15.0. The Balaban J connectivity index is 1.87. The molecule has 0 bridgehead atoms. The average molecular weight is 416 g/mol. The number of carbonyl (C=O) groups excluding carboxylic acids is 1. The Kier molecular flexibility index (Phi) is 5.36. The van der Waals surface area contributed by atoms with Gasteiger partial charge in [-0.3, -0.25) is 9.89 Å². The molecule has 0 saturated carbocycles. The van der Waals surface area contributed by atoms with Crippen LogP contribution in [0.1, 0.15) is 28.5 Å². The first-order chi connectivity index (χ1) is 15.0. The first-order valence-corrected chi connectivity index (χ1v) is 9.70. The Bertz CT molecular complexity index is 1350. The summed E-state index contributed by atoms with van der Waals surface area (Å²) in [4.78, 5) is 29.4. The van der Waals surface area contributed by atoms with E-state index in [0.717, 1.165) is 5.69 Å². The van der Waals surface area contributed by atoms with Gasteiger partial charge in [0.1, 0.15) is 0 Å². The smallest absolute Gasteiger partial charge is 0.338 e. The second-order valence-electron chi connectivity index (χ2n) is 6.86. The van der Waals surface area contributed by atoms with Gasteiger partial charge in [-0.15, -0.1) is 0 Å². The molecule has 156 valence electrons. The standard InChI is InChI=1S/C23H20N4O4/c1-3-31-23(30)15-8-10-16(11-9-15)27-21(28)18-7-5-4-6-17(18)19(22(27)29)13-24-20-12-14(2)25-26-20/h4-13,29H,3H2,1-2H3,(H,25,26). The van der Waals surface area contributed by atoms with Crippen LogP contribution in [0.5, 0.6) is 5.88 Å². The number of H-pyrrole nitrogens is 1. The molecule has 4 aromatic rings. The monoisotopic (exact) mass is 416 g/mol. The molecule has 0 atom stereocenters. The second-order valence-corrected chi connectivity index (χ2v) is 6.86. The number of pyridine rings is 1. The number of aromatic hydroxyl groups is 1. The Morgan fingerprint density at radius 2 is 1.90 bits per heavy atom. The van der Waals surface area contributed by atoms with Crippen LogP contribution in [-0.2, 0) is 4.74 Å². The number of aryl methyl sites for hydroxylation is 1. The fraction of sp³-hybridized carbons (Fsp3) is 0.130. The van der Waals surface area contributed by atoms with Crippen LogP contribution in [0.3, 0.4) is 0 Å². The number of carbonyl (C=O) groups is 1. The Morgan fingerprint density at radius 3 is 2.55 bits per heavy atom. The minimum atomic E-state index is -0.453. The summed E-state index contributed by atoms with van der Waals surface area (Å²) in [5.41, 5.74) is 1.61. The molecule has 4 rings (SSSR count). The molecule has 0 fully saturated rings. The molecule has 31 heavy (non-hydrogen) atoms. The van der Waals surface area contributed by atoms with E-state index in [2.05, 4.69) is 15.2 Å². The molecule has 0 amide bonds. The van der Waals surface area contributed by atoms with Crippen molar-refractivity contribution < 1.29 is 14.6 Å². The molecule has 0 radical (unpaired) electrons. The number of esters is 1. The lowest BCUT2D eigenvalue weighted by molar-refractivity contribution is 0.0526. The van der Waals surface area contributed by atoms with E-state index in [1.807, 2.05) is 6.92 Å². The summed E-state index contributed by atoms with van der Waals surface area (Å²) in [6.07, 6.45) is 1.48. The maximum Gasteiger partial charge on any atom is 0.338 e. The number of rotatable bonds is 5. The summed E-state index contributed by atoms with van der Waals surface area (Å²) in [5, 5.41) is 18.9. The van der Waals surface area contributed by atoms with E-state index in [1.165, 1.54) is 10.8 Å². The van der Waals surface area contributed by atoms with E-state index in [1.54, 1.807) is 61.5 Å². The SMILES string of the molecule is CCOC(=O)c1ccc(-n2c(O)c(C=Nc3cc(C)[nH]n3)c3ccccc3c2=O)cc1. The van der Waals surface area contributed by atoms with Gasteiger partial charge >= 0.3 is 5.97 Å². The molecule has 2 aromatic carbocycles. The van der Waals surface area contributed by atoms with Gasteiger partial charge in [0.25, 0.3) is 5.56 Å². The lowest BCUT2D eigenvalue weighted by atomic mass is 10.1. The van der Waals surface area contributed by atoms with E-state index < -0.39 is 5.97 Å². The van der Waals surface area contributed by atoms with Crippen molar-refractivity contribution in [3.63, 3.8) is 0 Å². The molecule has 0 aliphatic heterocycles. The minimum Gasteiger partial charge on any atom is -0.494 e. The predicted molar refractivity (Wildman–Crippen MR) is 118 cm³/mol. The maximum atomic E-state index is 13.2. The maximum absolute atomic E-state index is 13.2. The number of aromatic nitrogens is 3. The van der Waals surface area contributed by atoms with Crippen molar-refractivity contribution in [3.8, 4) is 11.6 Å². The summed E-state index contributed by atoms with van der Waals surface area (Å²) in [7, 11) is 0. The molecule has 0 unspecified atom stereocenters. The largest absolute Gasteiger partial charge is 0.494 e. The van der Waals surface area contributed by atoms with E-state index in [9.17, 15) is 14.7 Å². The third-order valence-electron chi connectivity index (χ3n) is 4.76. The van der Waals surface area contributed by atoms with Crippen molar-refractivity contribution in [1.82, 2.24) is 14.8 Å². The van der Waals surface area contributed by atoms with Crippen LogP contribution in [0.2, 0.25) is 0 Å². The number of aliphatic imine (C=N–C) groups is 1. The van der Waals surface area contributed by atoms with Crippen LogP contribution in [0.4, 0.5) is 5.82 Å². The summed E-state index contributed by atoms with van der Waals surface area (Å²) in [5.74, 6) is -0.257. The van der Waals surface area contributed by atoms with Crippen molar-refractivity contribution in [1.29, 1.82) is 0 Å². The zero-order chi connectivity index (χ0) is 22.0. The van der Waals surface area contributed by atoms with Crippen LogP contribution in [0.15, 0.2) is 64.4 Å². The number of benzene rings is 2. The van der Waals surface area contributed by atoms with Crippen LogP contribution in [0, 0.1) is 6.92 Å². The highest BCUT2D eigenvalue weighted by molar-refractivity contribution is 6.02. The van der Waals surface area contributed by atoms with Gasteiger partial charge in [0.05, 0.1) is 23.4 Å². The number of nitrogens with zero attached hydrogens (tertiary/aromatic N) is 3. The van der Waals surface area contributed by atoms with Crippen LogP contribution in [-0.4, -0.2) is 38.7 Å². The van der Waals surface area contributed by atoms with Crippen LogP contribution >= 0.6 is 0 Å². The summed E-state index contributed by atoms with van der Waals surface area (Å²) in [6.45, 7) is 3.86. The first kappa shape index (κ1) is 20.1. The second kappa shape index (κ2) is 8.27. The van der Waals surface area contributed by atoms with Gasteiger partial charge in [-0.2, -0.15) is 5.10 Å². The molecule has 0 aliphatic rings. The molecular formula is C23H20N4O4. The van der Waals surface area contributed by atoms with Gasteiger partial charge < -0.3 is 9.84 Å². The highest BCUT2D eigenvalue weighted by Gasteiger charge is 2.17.